The molecule has 49 heavy (non-hydrogen) atoms. The van der Waals surface area contributed by atoms with Crippen LogP contribution < -0.4 is 15.9 Å². The Kier molecular flexibility index (Phi) is 7.82. The molecule has 0 saturated carbocycles. The average molecular weight is 654 g/mol. The molecule has 0 amide bonds. The molecule has 0 unspecified atom stereocenters. The predicted octanol–water partition coefficient (Wildman–Crippen LogP) is 8.37. The maximum atomic E-state index is 13.8. The molecule has 0 aliphatic carbocycles. The van der Waals surface area contributed by atoms with E-state index in [9.17, 15) is 19.2 Å². The van der Waals surface area contributed by atoms with Gasteiger partial charge in [0.2, 0.25) is 0 Å². The molecular formula is C41H35NO7. The van der Waals surface area contributed by atoms with Gasteiger partial charge < -0.3 is 13.9 Å². The summed E-state index contributed by atoms with van der Waals surface area (Å²) in [6, 6.07) is 24.0. The molecule has 0 aliphatic rings. The summed E-state index contributed by atoms with van der Waals surface area (Å²) in [5.74, 6) is 0.264. The van der Waals surface area contributed by atoms with Crippen LogP contribution in [0.4, 0.5) is 0 Å². The van der Waals surface area contributed by atoms with E-state index in [-0.39, 0.29) is 23.6 Å². The maximum Gasteiger partial charge on any atom is 0.338 e. The summed E-state index contributed by atoms with van der Waals surface area (Å²) >= 11 is 0. The van der Waals surface area contributed by atoms with Crippen LogP contribution in [0.5, 0.6) is 5.75 Å². The van der Waals surface area contributed by atoms with Crippen LogP contribution in [0.25, 0.3) is 54.6 Å². The Morgan fingerprint density at radius 1 is 0.755 bits per heavy atom. The van der Waals surface area contributed by atoms with E-state index in [0.717, 1.165) is 44.7 Å². The van der Waals surface area contributed by atoms with Crippen LogP contribution >= 0.6 is 0 Å². The molecule has 0 fully saturated rings. The van der Waals surface area contributed by atoms with Crippen molar-refractivity contribution in [2.45, 2.75) is 53.2 Å². The Morgan fingerprint density at radius 3 is 2.02 bits per heavy atom. The highest BCUT2D eigenvalue weighted by Crippen LogP contribution is 2.38. The van der Waals surface area contributed by atoms with Gasteiger partial charge in [-0.25, -0.2) is 4.79 Å². The normalized spacial score (nSPS) is 11.9. The number of carbonyl (C=O) groups is 2. The monoisotopic (exact) mass is 653 g/mol. The van der Waals surface area contributed by atoms with Crippen LogP contribution in [-0.2, 0) is 11.3 Å². The number of aldehydes is 1. The lowest BCUT2D eigenvalue weighted by Crippen LogP contribution is -2.33. The SMILES string of the molecule is Cc1cc(OCCCn2c(=O)c3ccc4oc5ccc(-c6ccc(C(=O)OC(C)(C)C)cc6)cc5c5ccc(c2=O)c3c45)cc(C)c1C=O. The molecule has 2 aromatic heterocycles. The first kappa shape index (κ1) is 31.8. The Hall–Kier alpha value is -5.76. The van der Waals surface area contributed by atoms with Gasteiger partial charge in [0.05, 0.1) is 12.2 Å². The number of fused-ring (bicyclic) bond motifs is 2. The summed E-state index contributed by atoms with van der Waals surface area (Å²) in [6.45, 7) is 9.72. The number of rotatable bonds is 8. The van der Waals surface area contributed by atoms with Crippen LogP contribution in [0.2, 0.25) is 0 Å². The van der Waals surface area contributed by atoms with Crippen LogP contribution in [0.15, 0.2) is 92.9 Å². The minimum atomic E-state index is -0.583. The Labute approximate surface area is 281 Å². The van der Waals surface area contributed by atoms with Crippen LogP contribution in [-0.4, -0.2) is 29.0 Å². The zero-order chi connectivity index (χ0) is 34.6. The minimum absolute atomic E-state index is 0.196. The third kappa shape index (κ3) is 5.73. The van der Waals surface area contributed by atoms with Crippen molar-refractivity contribution >= 4 is 55.7 Å². The van der Waals surface area contributed by atoms with Gasteiger partial charge in [0.15, 0.2) is 6.29 Å². The lowest BCUT2D eigenvalue weighted by molar-refractivity contribution is 0.00694. The van der Waals surface area contributed by atoms with E-state index in [0.29, 0.717) is 57.2 Å². The van der Waals surface area contributed by atoms with Crippen molar-refractivity contribution in [3.05, 3.63) is 122 Å². The number of benzene rings is 5. The molecule has 0 N–H and O–H groups in total. The quantitative estimate of drug-likeness (QED) is 0.0534. The van der Waals surface area contributed by atoms with E-state index in [1.807, 2.05) is 83.1 Å². The third-order valence-corrected chi connectivity index (χ3v) is 8.90. The summed E-state index contributed by atoms with van der Waals surface area (Å²) in [4.78, 5) is 51.4. The first-order chi connectivity index (χ1) is 23.4. The molecule has 2 heterocycles. The number of aryl methyl sites for hydroxylation is 2. The zero-order valence-corrected chi connectivity index (χ0v) is 28.0. The summed E-state index contributed by atoms with van der Waals surface area (Å²) < 4.78 is 19.0. The number of carbonyl (C=O) groups excluding carboxylic acids is 2. The molecule has 8 nitrogen and oxygen atoms in total. The molecule has 246 valence electrons. The molecule has 0 atom stereocenters. The summed E-state index contributed by atoms with van der Waals surface area (Å²) in [5.41, 5.74) is 4.60. The molecule has 0 spiro atoms. The van der Waals surface area contributed by atoms with E-state index in [1.165, 1.54) is 4.57 Å². The van der Waals surface area contributed by atoms with Gasteiger partial charge in [-0.05, 0) is 123 Å². The number of aromatic nitrogens is 1. The van der Waals surface area contributed by atoms with Gasteiger partial charge in [0.25, 0.3) is 11.1 Å². The number of hydrogen-bond donors (Lipinski definition) is 0. The van der Waals surface area contributed by atoms with Gasteiger partial charge in [-0.3, -0.25) is 19.0 Å². The van der Waals surface area contributed by atoms with Crippen molar-refractivity contribution in [2.24, 2.45) is 0 Å². The zero-order valence-electron chi connectivity index (χ0n) is 28.0. The molecule has 7 rings (SSSR count). The van der Waals surface area contributed by atoms with Crippen molar-refractivity contribution in [3.63, 3.8) is 0 Å². The first-order valence-corrected chi connectivity index (χ1v) is 16.2. The number of pyridine rings is 1. The second-order valence-electron chi connectivity index (χ2n) is 13.5. The third-order valence-electron chi connectivity index (χ3n) is 8.90. The van der Waals surface area contributed by atoms with Gasteiger partial charge in [-0.2, -0.15) is 0 Å². The number of hydrogen-bond acceptors (Lipinski definition) is 7. The summed E-state index contributed by atoms with van der Waals surface area (Å²) in [7, 11) is 0. The lowest BCUT2D eigenvalue weighted by atomic mass is 9.95. The smallest absolute Gasteiger partial charge is 0.338 e. The molecule has 0 bridgehead atoms. The number of esters is 1. The van der Waals surface area contributed by atoms with Crippen molar-refractivity contribution in [2.75, 3.05) is 6.61 Å². The van der Waals surface area contributed by atoms with Crippen molar-refractivity contribution in [1.82, 2.24) is 4.57 Å². The highest BCUT2D eigenvalue weighted by atomic mass is 16.6. The predicted molar refractivity (Wildman–Crippen MR) is 192 cm³/mol. The topological polar surface area (TPSA) is 105 Å². The van der Waals surface area contributed by atoms with Gasteiger partial charge in [-0.1, -0.05) is 24.3 Å². The molecular weight excluding hydrogens is 618 g/mol. The molecule has 8 heteroatoms. The fourth-order valence-corrected chi connectivity index (χ4v) is 6.60. The van der Waals surface area contributed by atoms with E-state index >= 15 is 0 Å². The van der Waals surface area contributed by atoms with Crippen LogP contribution in [0.1, 0.15) is 59.0 Å². The lowest BCUT2D eigenvalue weighted by Gasteiger charge is -2.19. The van der Waals surface area contributed by atoms with E-state index < -0.39 is 5.60 Å². The van der Waals surface area contributed by atoms with E-state index in [4.69, 9.17) is 13.9 Å². The molecule has 0 saturated heterocycles. The Bertz CT molecular complexity index is 2490. The summed E-state index contributed by atoms with van der Waals surface area (Å²) in [6.07, 6.45) is 1.28. The Balaban J connectivity index is 1.22. The van der Waals surface area contributed by atoms with Gasteiger partial charge >= 0.3 is 5.97 Å². The molecule has 5 aromatic carbocycles. The highest BCUT2D eigenvalue weighted by molar-refractivity contribution is 6.26. The van der Waals surface area contributed by atoms with Crippen molar-refractivity contribution in [1.29, 1.82) is 0 Å². The Morgan fingerprint density at radius 2 is 1.37 bits per heavy atom. The highest BCUT2D eigenvalue weighted by Gasteiger charge is 2.20. The number of ether oxygens (including phenoxy) is 2. The second kappa shape index (κ2) is 12.0. The first-order valence-electron chi connectivity index (χ1n) is 16.2. The molecule has 7 aromatic rings. The fourth-order valence-electron chi connectivity index (χ4n) is 6.60. The molecule has 0 aliphatic heterocycles. The average Bonchev–Trinajstić information content (AvgIpc) is 3.06. The van der Waals surface area contributed by atoms with E-state index in [2.05, 4.69) is 0 Å². The second-order valence-corrected chi connectivity index (χ2v) is 13.5. The largest absolute Gasteiger partial charge is 0.494 e. The van der Waals surface area contributed by atoms with E-state index in [1.54, 1.807) is 30.3 Å². The van der Waals surface area contributed by atoms with Crippen LogP contribution in [0.3, 0.4) is 0 Å². The maximum absolute atomic E-state index is 13.8. The number of nitrogens with zero attached hydrogens (tertiary/aromatic N) is 1. The van der Waals surface area contributed by atoms with Crippen molar-refractivity contribution in [3.8, 4) is 16.9 Å². The summed E-state index contributed by atoms with van der Waals surface area (Å²) in [5, 5.41) is 3.94. The minimum Gasteiger partial charge on any atom is -0.494 e. The molecule has 0 radical (unpaired) electrons. The van der Waals surface area contributed by atoms with Crippen molar-refractivity contribution < 1.29 is 23.5 Å². The standard InChI is InChI=1S/C41H35NO7/c1-23-19-28(20-24(2)33(23)22-43)47-18-6-17-42-38(44)30-13-12-29-32-21-27(25-7-9-26(10-8-25)40(46)49-41(3,4)5)11-15-34(32)48-35-16-14-31(39(42)45)36(30)37(29)35/h7-16,19-22H,6,17-18H2,1-5H3. The van der Waals surface area contributed by atoms with Gasteiger partial charge in [0.1, 0.15) is 22.5 Å². The van der Waals surface area contributed by atoms with Gasteiger partial charge in [0, 0.05) is 39.0 Å². The van der Waals surface area contributed by atoms with Gasteiger partial charge in [-0.15, -0.1) is 0 Å². The van der Waals surface area contributed by atoms with Crippen LogP contribution in [0, 0.1) is 13.8 Å². The fraction of sp³-hybridized carbons (Fsp3) is 0.220.